The normalized spacial score (nSPS) is 12.0. The number of ether oxygens (including phenoxy) is 1. The van der Waals surface area contributed by atoms with E-state index in [1.165, 1.54) is 12.1 Å². The van der Waals surface area contributed by atoms with Crippen molar-refractivity contribution in [3.63, 3.8) is 0 Å². The first-order chi connectivity index (χ1) is 10.0. The summed E-state index contributed by atoms with van der Waals surface area (Å²) in [5, 5.41) is 3.17. The Morgan fingerprint density at radius 3 is 2.57 bits per heavy atom. The van der Waals surface area contributed by atoms with Crippen molar-refractivity contribution in [1.29, 1.82) is 0 Å². The quantitative estimate of drug-likeness (QED) is 0.850. The minimum absolute atomic E-state index is 0.296. The molecule has 0 spiro atoms. The van der Waals surface area contributed by atoms with Crippen LogP contribution >= 0.6 is 0 Å². The van der Waals surface area contributed by atoms with Gasteiger partial charge in [-0.25, -0.2) is 8.78 Å². The molecule has 112 valence electrons. The van der Waals surface area contributed by atoms with E-state index >= 15 is 0 Å². The number of hydrogen-bond acceptors (Lipinski definition) is 2. The van der Waals surface area contributed by atoms with Crippen LogP contribution in [-0.2, 0) is 0 Å². The molecule has 0 aliphatic rings. The smallest absolute Gasteiger partial charge is 0.142 e. The highest BCUT2D eigenvalue weighted by Crippen LogP contribution is 2.29. The second-order valence-corrected chi connectivity index (χ2v) is 4.92. The van der Waals surface area contributed by atoms with Gasteiger partial charge in [-0.1, -0.05) is 12.1 Å². The maximum Gasteiger partial charge on any atom is 0.142 e. The van der Waals surface area contributed by atoms with Crippen molar-refractivity contribution < 1.29 is 13.5 Å². The van der Waals surface area contributed by atoms with Gasteiger partial charge in [0, 0.05) is 5.56 Å². The lowest BCUT2D eigenvalue weighted by atomic mass is 10.0. The Hall–Kier alpha value is -2.10. The van der Waals surface area contributed by atoms with E-state index in [2.05, 4.69) is 5.32 Å². The van der Waals surface area contributed by atoms with Gasteiger partial charge in [0.05, 0.1) is 18.3 Å². The Labute approximate surface area is 123 Å². The van der Waals surface area contributed by atoms with E-state index in [0.717, 1.165) is 5.69 Å². The Bertz CT molecular complexity index is 628. The van der Waals surface area contributed by atoms with Crippen LogP contribution < -0.4 is 10.1 Å². The molecule has 1 unspecified atom stereocenters. The van der Waals surface area contributed by atoms with E-state index in [9.17, 15) is 8.78 Å². The zero-order valence-corrected chi connectivity index (χ0v) is 12.4. The van der Waals surface area contributed by atoms with Crippen LogP contribution in [0.1, 0.15) is 31.0 Å². The van der Waals surface area contributed by atoms with Crippen molar-refractivity contribution in [2.24, 2.45) is 0 Å². The van der Waals surface area contributed by atoms with Crippen LogP contribution in [0.5, 0.6) is 5.75 Å². The summed E-state index contributed by atoms with van der Waals surface area (Å²) < 4.78 is 33.2. The molecule has 0 amide bonds. The summed E-state index contributed by atoms with van der Waals surface area (Å²) in [6.45, 7) is 5.77. The Morgan fingerprint density at radius 1 is 1.14 bits per heavy atom. The molecule has 0 saturated heterocycles. The Kier molecular flexibility index (Phi) is 4.78. The Morgan fingerprint density at radius 2 is 1.86 bits per heavy atom. The van der Waals surface area contributed by atoms with Crippen molar-refractivity contribution in [1.82, 2.24) is 0 Å². The molecule has 2 rings (SSSR count). The molecule has 2 nitrogen and oxygen atoms in total. The zero-order chi connectivity index (χ0) is 15.4. The van der Waals surface area contributed by atoms with Gasteiger partial charge in [-0.3, -0.25) is 0 Å². The lowest BCUT2D eigenvalue weighted by molar-refractivity contribution is 0.341. The van der Waals surface area contributed by atoms with E-state index < -0.39 is 11.6 Å². The van der Waals surface area contributed by atoms with Crippen molar-refractivity contribution >= 4 is 5.69 Å². The lowest BCUT2D eigenvalue weighted by Crippen LogP contribution is -2.10. The zero-order valence-electron chi connectivity index (χ0n) is 12.4. The average molecular weight is 291 g/mol. The van der Waals surface area contributed by atoms with Crippen LogP contribution in [0, 0.1) is 18.6 Å². The molecule has 0 saturated carbocycles. The maximum absolute atomic E-state index is 14.0. The van der Waals surface area contributed by atoms with Crippen molar-refractivity contribution in [2.45, 2.75) is 26.8 Å². The molecular weight excluding hydrogens is 272 g/mol. The van der Waals surface area contributed by atoms with Crippen LogP contribution in [0.4, 0.5) is 14.5 Å². The van der Waals surface area contributed by atoms with Crippen LogP contribution in [0.25, 0.3) is 0 Å². The summed E-state index contributed by atoms with van der Waals surface area (Å²) in [5.74, 6) is -0.124. The molecule has 0 bridgehead atoms. The topological polar surface area (TPSA) is 21.3 Å². The molecule has 1 atom stereocenters. The van der Waals surface area contributed by atoms with Gasteiger partial charge < -0.3 is 10.1 Å². The molecule has 0 aliphatic heterocycles. The van der Waals surface area contributed by atoms with Gasteiger partial charge in [0.2, 0.25) is 0 Å². The summed E-state index contributed by atoms with van der Waals surface area (Å²) in [6, 6.07) is 9.51. The average Bonchev–Trinajstić information content (AvgIpc) is 2.45. The van der Waals surface area contributed by atoms with Gasteiger partial charge in [0.25, 0.3) is 0 Å². The summed E-state index contributed by atoms with van der Waals surface area (Å²) in [4.78, 5) is 0. The first-order valence-electron chi connectivity index (χ1n) is 6.96. The second-order valence-electron chi connectivity index (χ2n) is 4.92. The van der Waals surface area contributed by atoms with Crippen molar-refractivity contribution in [3.05, 3.63) is 59.2 Å². The molecule has 1 N–H and O–H groups in total. The molecule has 2 aromatic rings. The number of anilines is 1. The molecule has 0 aromatic heterocycles. The number of para-hydroxylation sites is 2. The third kappa shape index (κ3) is 3.51. The highest BCUT2D eigenvalue weighted by atomic mass is 19.1. The largest absolute Gasteiger partial charge is 0.492 e. The van der Waals surface area contributed by atoms with Gasteiger partial charge in [-0.05, 0) is 50.6 Å². The predicted molar refractivity (Wildman–Crippen MR) is 80.7 cm³/mol. The number of halogens is 2. The fourth-order valence-electron chi connectivity index (χ4n) is 2.17. The highest BCUT2D eigenvalue weighted by molar-refractivity contribution is 5.57. The van der Waals surface area contributed by atoms with Gasteiger partial charge in [-0.15, -0.1) is 0 Å². The first-order valence-corrected chi connectivity index (χ1v) is 6.96. The second kappa shape index (κ2) is 6.57. The molecule has 4 heteroatoms. The van der Waals surface area contributed by atoms with Crippen LogP contribution in [0.15, 0.2) is 36.4 Å². The van der Waals surface area contributed by atoms with E-state index in [4.69, 9.17) is 4.74 Å². The van der Waals surface area contributed by atoms with Gasteiger partial charge in [-0.2, -0.15) is 0 Å². The highest BCUT2D eigenvalue weighted by Gasteiger charge is 2.15. The summed E-state index contributed by atoms with van der Waals surface area (Å²) in [7, 11) is 0. The molecule has 2 aromatic carbocycles. The molecule has 0 radical (unpaired) electrons. The third-order valence-electron chi connectivity index (χ3n) is 3.30. The van der Waals surface area contributed by atoms with Crippen LogP contribution in [0.3, 0.4) is 0 Å². The standard InChI is InChI=1S/C17H19F2NO/c1-4-21-17-8-6-5-7-16(17)20-12(3)13-10-14(18)11(2)9-15(13)19/h5-10,12,20H,4H2,1-3H3. The number of rotatable bonds is 5. The van der Waals surface area contributed by atoms with Gasteiger partial charge in [0.1, 0.15) is 17.4 Å². The SMILES string of the molecule is CCOc1ccccc1NC(C)c1cc(F)c(C)cc1F. The molecule has 0 aliphatic carbocycles. The fourth-order valence-corrected chi connectivity index (χ4v) is 2.17. The van der Waals surface area contributed by atoms with Crippen LogP contribution in [-0.4, -0.2) is 6.61 Å². The minimum Gasteiger partial charge on any atom is -0.492 e. The number of hydrogen-bond donors (Lipinski definition) is 1. The van der Waals surface area contributed by atoms with Crippen molar-refractivity contribution in [2.75, 3.05) is 11.9 Å². The first kappa shape index (κ1) is 15.3. The van der Waals surface area contributed by atoms with E-state index in [-0.39, 0.29) is 6.04 Å². The molecule has 0 fully saturated rings. The van der Waals surface area contributed by atoms with E-state index in [0.29, 0.717) is 23.5 Å². The molecular formula is C17H19F2NO. The summed E-state index contributed by atoms with van der Waals surface area (Å²) >= 11 is 0. The number of nitrogens with one attached hydrogen (secondary N) is 1. The lowest BCUT2D eigenvalue weighted by Gasteiger charge is -2.19. The molecule has 0 heterocycles. The summed E-state index contributed by atoms with van der Waals surface area (Å²) in [6.07, 6.45) is 0. The number of aryl methyl sites for hydroxylation is 1. The van der Waals surface area contributed by atoms with Gasteiger partial charge >= 0.3 is 0 Å². The van der Waals surface area contributed by atoms with E-state index in [1.54, 1.807) is 13.8 Å². The summed E-state index contributed by atoms with van der Waals surface area (Å²) in [5.41, 5.74) is 1.36. The fraction of sp³-hybridized carbons (Fsp3) is 0.294. The Balaban J connectivity index is 2.26. The molecule has 21 heavy (non-hydrogen) atoms. The maximum atomic E-state index is 14.0. The van der Waals surface area contributed by atoms with E-state index in [1.807, 2.05) is 31.2 Å². The third-order valence-corrected chi connectivity index (χ3v) is 3.30. The van der Waals surface area contributed by atoms with Crippen LogP contribution in [0.2, 0.25) is 0 Å². The van der Waals surface area contributed by atoms with Crippen molar-refractivity contribution in [3.8, 4) is 5.75 Å². The van der Waals surface area contributed by atoms with Gasteiger partial charge in [0.15, 0.2) is 0 Å². The predicted octanol–water partition coefficient (Wildman–Crippen LogP) is 4.85. The minimum atomic E-state index is -0.414. The number of benzene rings is 2. The monoisotopic (exact) mass is 291 g/mol.